The van der Waals surface area contributed by atoms with Crippen LogP contribution in [0.1, 0.15) is 12.8 Å². The maximum Gasteiger partial charge on any atom is 0.314 e. The van der Waals surface area contributed by atoms with Gasteiger partial charge in [-0.1, -0.05) is 0 Å². The lowest BCUT2D eigenvalue weighted by atomic mass is 9.52. The monoisotopic (exact) mass is 181 g/mol. The van der Waals surface area contributed by atoms with Crippen LogP contribution < -0.4 is 0 Å². The lowest BCUT2D eigenvalue weighted by Crippen LogP contribution is -2.60. The van der Waals surface area contributed by atoms with Crippen molar-refractivity contribution in [2.45, 2.75) is 12.8 Å². The van der Waals surface area contributed by atoms with Crippen molar-refractivity contribution in [3.8, 4) is 6.07 Å². The predicted octanol–water partition coefficient (Wildman–Crippen LogP) is 0.480. The Labute approximate surface area is 76.4 Å². The molecule has 1 saturated carbocycles. The van der Waals surface area contributed by atoms with E-state index < -0.39 is 10.8 Å². The summed E-state index contributed by atoms with van der Waals surface area (Å²) >= 11 is 0. The van der Waals surface area contributed by atoms with Crippen LogP contribution in [0.4, 0.5) is 0 Å². The van der Waals surface area contributed by atoms with Crippen molar-refractivity contribution in [3.63, 3.8) is 0 Å². The molecule has 0 aromatic heterocycles. The molecule has 4 nitrogen and oxygen atoms in total. The number of methoxy groups -OCH3 is 1. The number of hydrogen-bond acceptors (Lipinski definition) is 4. The number of nitriles is 1. The van der Waals surface area contributed by atoms with Gasteiger partial charge in [0.2, 0.25) is 0 Å². The van der Waals surface area contributed by atoms with Gasteiger partial charge < -0.3 is 9.47 Å². The highest BCUT2D eigenvalue weighted by atomic mass is 16.5. The zero-order valence-corrected chi connectivity index (χ0v) is 7.50. The van der Waals surface area contributed by atoms with Gasteiger partial charge in [0.1, 0.15) is 0 Å². The minimum absolute atomic E-state index is 0.238. The van der Waals surface area contributed by atoms with Crippen LogP contribution in [0.5, 0.6) is 0 Å². The average molecular weight is 181 g/mol. The molecule has 0 aromatic carbocycles. The van der Waals surface area contributed by atoms with Crippen LogP contribution in [0.15, 0.2) is 0 Å². The van der Waals surface area contributed by atoms with E-state index in [2.05, 4.69) is 6.07 Å². The summed E-state index contributed by atoms with van der Waals surface area (Å²) in [5.41, 5.74) is -0.921. The maximum absolute atomic E-state index is 11.4. The summed E-state index contributed by atoms with van der Waals surface area (Å²) in [6, 6.07) is 2.22. The van der Waals surface area contributed by atoms with E-state index >= 15 is 0 Å². The Bertz CT molecular complexity index is 286. The van der Waals surface area contributed by atoms with Gasteiger partial charge in [0.15, 0.2) is 0 Å². The van der Waals surface area contributed by atoms with Crippen molar-refractivity contribution in [2.24, 2.45) is 10.8 Å². The summed E-state index contributed by atoms with van der Waals surface area (Å²) in [7, 11) is 1.37. The summed E-state index contributed by atoms with van der Waals surface area (Å²) in [5.74, 6) is -0.238. The second-order valence-electron chi connectivity index (χ2n) is 4.01. The first kappa shape index (κ1) is 8.52. The van der Waals surface area contributed by atoms with E-state index in [0.29, 0.717) is 26.1 Å². The van der Waals surface area contributed by atoms with Crippen LogP contribution in [-0.4, -0.2) is 26.3 Å². The standard InChI is InChI=1S/C9H11NO3/c1-12-7(11)9-2-8(3-9,4-10)5-13-6-9/h2-3,5-6H2,1H3. The van der Waals surface area contributed by atoms with Gasteiger partial charge in [-0.2, -0.15) is 5.26 Å². The molecule has 0 radical (unpaired) electrons. The highest BCUT2D eigenvalue weighted by Gasteiger charge is 2.63. The van der Waals surface area contributed by atoms with Gasteiger partial charge in [-0.3, -0.25) is 4.79 Å². The summed E-state index contributed by atoms with van der Waals surface area (Å²) in [6.07, 6.45) is 1.20. The summed E-state index contributed by atoms with van der Waals surface area (Å²) < 4.78 is 9.92. The van der Waals surface area contributed by atoms with Crippen LogP contribution in [-0.2, 0) is 14.3 Å². The Balaban J connectivity index is 2.16. The number of rotatable bonds is 1. The molecule has 0 spiro atoms. The van der Waals surface area contributed by atoms with E-state index in [9.17, 15) is 4.79 Å². The van der Waals surface area contributed by atoms with E-state index in [0.717, 1.165) is 0 Å². The van der Waals surface area contributed by atoms with Crippen molar-refractivity contribution < 1.29 is 14.3 Å². The van der Waals surface area contributed by atoms with Crippen LogP contribution >= 0.6 is 0 Å². The minimum Gasteiger partial charge on any atom is -0.469 e. The molecule has 0 unspecified atom stereocenters. The molecule has 2 bridgehead atoms. The number of nitrogens with zero attached hydrogens (tertiary/aromatic N) is 1. The third-order valence-electron chi connectivity index (χ3n) is 2.97. The number of fused-ring (bicyclic) bond motifs is 2. The number of hydrogen-bond donors (Lipinski definition) is 0. The second-order valence-corrected chi connectivity index (χ2v) is 4.01. The number of carbonyl (C=O) groups is 1. The van der Waals surface area contributed by atoms with Crippen LogP contribution in [0, 0.1) is 22.2 Å². The number of ether oxygens (including phenoxy) is 2. The largest absolute Gasteiger partial charge is 0.469 e. The van der Waals surface area contributed by atoms with Crippen molar-refractivity contribution in [1.82, 2.24) is 0 Å². The third kappa shape index (κ3) is 0.971. The molecule has 3 aliphatic rings. The fourth-order valence-electron chi connectivity index (χ4n) is 2.42. The Hall–Kier alpha value is -1.08. The smallest absolute Gasteiger partial charge is 0.314 e. The molecule has 2 saturated heterocycles. The van der Waals surface area contributed by atoms with Crippen molar-refractivity contribution in [1.29, 1.82) is 5.26 Å². The van der Waals surface area contributed by atoms with Crippen molar-refractivity contribution >= 4 is 5.97 Å². The van der Waals surface area contributed by atoms with Gasteiger partial charge in [-0.05, 0) is 12.8 Å². The van der Waals surface area contributed by atoms with Crippen molar-refractivity contribution in [3.05, 3.63) is 0 Å². The third-order valence-corrected chi connectivity index (χ3v) is 2.97. The fourth-order valence-corrected chi connectivity index (χ4v) is 2.42. The fraction of sp³-hybridized carbons (Fsp3) is 0.778. The molecule has 2 aliphatic heterocycles. The van der Waals surface area contributed by atoms with Gasteiger partial charge in [0.05, 0.1) is 37.2 Å². The first-order valence-corrected chi connectivity index (χ1v) is 4.24. The molecule has 0 aromatic rings. The Morgan fingerprint density at radius 1 is 1.54 bits per heavy atom. The number of carbonyl (C=O) groups excluding carboxylic acids is 1. The first-order chi connectivity index (χ1) is 6.16. The predicted molar refractivity (Wildman–Crippen MR) is 42.5 cm³/mol. The molecular weight excluding hydrogens is 170 g/mol. The van der Waals surface area contributed by atoms with Gasteiger partial charge in [0.25, 0.3) is 0 Å². The Morgan fingerprint density at radius 3 is 2.77 bits per heavy atom. The van der Waals surface area contributed by atoms with E-state index in [1.54, 1.807) is 0 Å². The zero-order valence-electron chi connectivity index (χ0n) is 7.50. The molecule has 13 heavy (non-hydrogen) atoms. The molecule has 3 fully saturated rings. The van der Waals surface area contributed by atoms with Crippen molar-refractivity contribution in [2.75, 3.05) is 20.3 Å². The van der Waals surface area contributed by atoms with Crippen LogP contribution in [0.2, 0.25) is 0 Å². The normalized spacial score (nSPS) is 41.5. The van der Waals surface area contributed by atoms with Crippen LogP contribution in [0.25, 0.3) is 0 Å². The quantitative estimate of drug-likeness (QED) is 0.552. The first-order valence-electron chi connectivity index (χ1n) is 4.24. The van der Waals surface area contributed by atoms with Gasteiger partial charge in [-0.25, -0.2) is 0 Å². The molecule has 1 aliphatic carbocycles. The lowest BCUT2D eigenvalue weighted by molar-refractivity contribution is -0.201. The summed E-state index contributed by atoms with van der Waals surface area (Å²) in [6.45, 7) is 0.866. The Morgan fingerprint density at radius 2 is 2.23 bits per heavy atom. The zero-order chi connectivity index (χ0) is 9.53. The molecule has 70 valence electrons. The second kappa shape index (κ2) is 2.46. The SMILES string of the molecule is COC(=O)C12COCC(C#N)(C1)C2. The van der Waals surface area contributed by atoms with Gasteiger partial charge in [0, 0.05) is 0 Å². The van der Waals surface area contributed by atoms with Crippen LogP contribution in [0.3, 0.4) is 0 Å². The topological polar surface area (TPSA) is 59.3 Å². The molecule has 0 atom stereocenters. The molecule has 4 heteroatoms. The molecule has 2 heterocycles. The number of esters is 1. The summed E-state index contributed by atoms with van der Waals surface area (Å²) in [5, 5.41) is 8.88. The van der Waals surface area contributed by atoms with Gasteiger partial charge in [-0.15, -0.1) is 0 Å². The molecule has 0 N–H and O–H groups in total. The van der Waals surface area contributed by atoms with E-state index in [4.69, 9.17) is 14.7 Å². The molecule has 3 rings (SSSR count). The molecule has 0 amide bonds. The minimum atomic E-state index is -0.511. The van der Waals surface area contributed by atoms with E-state index in [-0.39, 0.29) is 5.97 Å². The Kier molecular flexibility index (Phi) is 1.61. The summed E-state index contributed by atoms with van der Waals surface area (Å²) in [4.78, 5) is 11.4. The van der Waals surface area contributed by atoms with E-state index in [1.807, 2.05) is 0 Å². The molecular formula is C9H11NO3. The maximum atomic E-state index is 11.4. The highest BCUT2D eigenvalue weighted by molar-refractivity contribution is 5.79. The van der Waals surface area contributed by atoms with Gasteiger partial charge >= 0.3 is 5.97 Å². The average Bonchev–Trinajstić information content (AvgIpc) is 2.15. The highest BCUT2D eigenvalue weighted by Crippen LogP contribution is 2.58. The lowest BCUT2D eigenvalue weighted by Gasteiger charge is -2.54. The van der Waals surface area contributed by atoms with E-state index in [1.165, 1.54) is 7.11 Å².